The van der Waals surface area contributed by atoms with E-state index in [-0.39, 0.29) is 11.1 Å². The predicted molar refractivity (Wildman–Crippen MR) is 131 cm³/mol. The lowest BCUT2D eigenvalue weighted by molar-refractivity contribution is -0.321. The summed E-state index contributed by atoms with van der Waals surface area (Å²) in [5.74, 6) is -11.3. The van der Waals surface area contributed by atoms with Crippen LogP contribution in [0.2, 0.25) is 0 Å². The number of aromatic carboxylic acids is 2. The fourth-order valence-corrected chi connectivity index (χ4v) is 2.69. The second-order valence-electron chi connectivity index (χ2n) is 8.18. The molecule has 2 unspecified atom stereocenters. The predicted octanol–water partition coefficient (Wildman–Crippen LogP) is 2.75. The van der Waals surface area contributed by atoms with Gasteiger partial charge in [0.25, 0.3) is 0 Å². The highest BCUT2D eigenvalue weighted by atomic mass is 16.9. The summed E-state index contributed by atoms with van der Waals surface area (Å²) in [6.45, 7) is 12.0. The first kappa shape index (κ1) is 33.0. The Bertz CT molecular complexity index is 1240. The molecule has 1 aromatic carbocycles. The molecule has 0 aliphatic heterocycles. The molecule has 14 heteroatoms. The summed E-state index contributed by atoms with van der Waals surface area (Å²) in [4.78, 5) is 83.8. The number of benzene rings is 1. The van der Waals surface area contributed by atoms with Crippen LogP contribution in [0.4, 0.5) is 0 Å². The highest BCUT2D eigenvalue weighted by molar-refractivity contribution is 6.04. The maximum Gasteiger partial charge on any atom is 0.423 e. The van der Waals surface area contributed by atoms with Gasteiger partial charge in [0.1, 0.15) is 0 Å². The lowest BCUT2D eigenvalue weighted by Crippen LogP contribution is -2.44. The van der Waals surface area contributed by atoms with E-state index in [0.29, 0.717) is 0 Å². The van der Waals surface area contributed by atoms with Gasteiger partial charge in [0, 0.05) is 18.1 Å². The third-order valence-electron chi connectivity index (χ3n) is 4.72. The van der Waals surface area contributed by atoms with Gasteiger partial charge in [-0.25, -0.2) is 24.0 Å². The van der Waals surface area contributed by atoms with Gasteiger partial charge < -0.3 is 33.9 Å². The first-order valence-electron chi connectivity index (χ1n) is 11.5. The minimum atomic E-state index is -2.67. The number of carbonyl (C=O) groups excluding carboxylic acids is 5. The highest BCUT2D eigenvalue weighted by Crippen LogP contribution is 2.25. The SMILES string of the molecule is C=C(C)C(=O)OC(C)OC(=O)CCC(=O)OC(CC)(OC(=O)C(=C)C)OC(=O)c1ccc(C(=O)O)c(C(=O)O)c1. The van der Waals surface area contributed by atoms with Gasteiger partial charge in [0.05, 0.1) is 36.0 Å². The Morgan fingerprint density at radius 2 is 1.35 bits per heavy atom. The fourth-order valence-electron chi connectivity index (χ4n) is 2.69. The molecule has 0 aliphatic rings. The molecule has 2 N–H and O–H groups in total. The average Bonchev–Trinajstić information content (AvgIpc) is 2.86. The van der Waals surface area contributed by atoms with Gasteiger partial charge in [-0.15, -0.1) is 0 Å². The van der Waals surface area contributed by atoms with Crippen LogP contribution in [0.3, 0.4) is 0 Å². The van der Waals surface area contributed by atoms with Crippen LogP contribution in [-0.4, -0.2) is 64.3 Å². The van der Waals surface area contributed by atoms with E-state index in [1.54, 1.807) is 0 Å². The van der Waals surface area contributed by atoms with Crippen LogP contribution in [0.5, 0.6) is 0 Å². The van der Waals surface area contributed by atoms with E-state index in [1.807, 2.05) is 0 Å². The van der Waals surface area contributed by atoms with Crippen molar-refractivity contribution in [2.75, 3.05) is 0 Å². The zero-order valence-electron chi connectivity index (χ0n) is 22.1. The van der Waals surface area contributed by atoms with Crippen molar-refractivity contribution in [1.82, 2.24) is 0 Å². The van der Waals surface area contributed by atoms with Gasteiger partial charge in [-0.3, -0.25) is 9.59 Å². The van der Waals surface area contributed by atoms with Gasteiger partial charge >= 0.3 is 47.8 Å². The lowest BCUT2D eigenvalue weighted by atomic mass is 10.0. The van der Waals surface area contributed by atoms with Crippen molar-refractivity contribution in [1.29, 1.82) is 0 Å². The quantitative estimate of drug-likeness (QED) is 0.189. The van der Waals surface area contributed by atoms with Crippen molar-refractivity contribution in [3.8, 4) is 0 Å². The summed E-state index contributed by atoms with van der Waals surface area (Å²) in [6, 6.07) is 2.51. The molecule has 40 heavy (non-hydrogen) atoms. The van der Waals surface area contributed by atoms with Crippen LogP contribution in [-0.2, 0) is 42.9 Å². The zero-order chi connectivity index (χ0) is 30.8. The summed E-state index contributed by atoms with van der Waals surface area (Å²) in [5, 5.41) is 18.4. The Hall–Kier alpha value is -5.01. The molecule has 0 saturated heterocycles. The van der Waals surface area contributed by atoms with Crippen LogP contribution in [0.25, 0.3) is 0 Å². The number of ether oxygens (including phenoxy) is 5. The molecular weight excluding hydrogens is 536 g/mol. The maximum atomic E-state index is 12.8. The van der Waals surface area contributed by atoms with Gasteiger partial charge in [-0.2, -0.15) is 0 Å². The standard InChI is InChI=1S/C26H28O14/c1-7-26(39-24(34)14(4)5,38-20(28)11-10-19(27)36-15(6)37-23(33)13(2)3)40-25(35)16-8-9-17(21(29)30)18(12-16)22(31)32/h8-9,12,15H,2,4,7,10-11H2,1,3,5-6H3,(H,29,30)(H,31,32). The molecule has 216 valence electrons. The van der Waals surface area contributed by atoms with E-state index >= 15 is 0 Å². The van der Waals surface area contributed by atoms with Crippen molar-refractivity contribution in [2.45, 2.75) is 59.2 Å². The van der Waals surface area contributed by atoms with Crippen molar-refractivity contribution in [3.63, 3.8) is 0 Å². The fraction of sp³-hybridized carbons (Fsp3) is 0.346. The van der Waals surface area contributed by atoms with E-state index in [4.69, 9.17) is 28.8 Å². The third-order valence-corrected chi connectivity index (χ3v) is 4.72. The number of carbonyl (C=O) groups is 7. The van der Waals surface area contributed by atoms with Crippen molar-refractivity contribution in [3.05, 3.63) is 59.2 Å². The molecule has 0 fully saturated rings. The number of rotatable bonds is 14. The summed E-state index contributed by atoms with van der Waals surface area (Å²) >= 11 is 0. The Balaban J connectivity index is 3.10. The number of hydrogen-bond donors (Lipinski definition) is 2. The van der Waals surface area contributed by atoms with Crippen molar-refractivity contribution < 1.29 is 67.5 Å². The van der Waals surface area contributed by atoms with Gasteiger partial charge in [0.2, 0.25) is 6.29 Å². The molecule has 0 bridgehead atoms. The summed E-state index contributed by atoms with van der Waals surface area (Å²) in [6.07, 6.45) is -2.97. The number of carboxylic acid groups (broad SMARTS) is 2. The first-order chi connectivity index (χ1) is 18.5. The molecule has 0 radical (unpaired) electrons. The third kappa shape index (κ3) is 9.70. The van der Waals surface area contributed by atoms with Crippen LogP contribution < -0.4 is 0 Å². The van der Waals surface area contributed by atoms with Crippen LogP contribution >= 0.6 is 0 Å². The zero-order valence-corrected chi connectivity index (χ0v) is 22.1. The normalized spacial score (nSPS) is 12.5. The molecule has 0 aliphatic carbocycles. The van der Waals surface area contributed by atoms with E-state index in [0.717, 1.165) is 18.2 Å². The molecule has 1 aromatic rings. The summed E-state index contributed by atoms with van der Waals surface area (Å²) < 4.78 is 25.0. The largest absolute Gasteiger partial charge is 0.478 e. The Morgan fingerprint density at radius 3 is 1.85 bits per heavy atom. The molecule has 0 spiro atoms. The molecule has 0 aromatic heterocycles. The molecule has 0 amide bonds. The molecule has 14 nitrogen and oxygen atoms in total. The van der Waals surface area contributed by atoms with E-state index in [2.05, 4.69) is 13.2 Å². The van der Waals surface area contributed by atoms with E-state index < -0.39 is 90.0 Å². The molecule has 0 saturated carbocycles. The molecule has 1 rings (SSSR count). The van der Waals surface area contributed by atoms with Crippen molar-refractivity contribution >= 4 is 41.8 Å². The Kier molecular flexibility index (Phi) is 11.7. The van der Waals surface area contributed by atoms with Gasteiger partial charge in [0.15, 0.2) is 0 Å². The van der Waals surface area contributed by atoms with Crippen LogP contribution in [0.15, 0.2) is 42.5 Å². The Labute approximate surface area is 228 Å². The van der Waals surface area contributed by atoms with Crippen LogP contribution in [0, 0.1) is 0 Å². The summed E-state index contributed by atoms with van der Waals surface area (Å²) in [5.41, 5.74) is -1.91. The monoisotopic (exact) mass is 564 g/mol. The van der Waals surface area contributed by atoms with Crippen LogP contribution in [0.1, 0.15) is 78.0 Å². The molecule has 2 atom stereocenters. The highest BCUT2D eigenvalue weighted by Gasteiger charge is 2.42. The first-order valence-corrected chi connectivity index (χ1v) is 11.5. The van der Waals surface area contributed by atoms with Gasteiger partial charge in [-0.1, -0.05) is 20.1 Å². The number of esters is 5. The Morgan fingerprint density at radius 1 is 0.800 bits per heavy atom. The maximum absolute atomic E-state index is 12.8. The topological polar surface area (TPSA) is 206 Å². The number of carboxylic acids is 2. The van der Waals surface area contributed by atoms with Gasteiger partial charge in [-0.05, 0) is 32.0 Å². The lowest BCUT2D eigenvalue weighted by Gasteiger charge is -2.30. The second-order valence-corrected chi connectivity index (χ2v) is 8.18. The average molecular weight is 564 g/mol. The molecular formula is C26H28O14. The minimum absolute atomic E-state index is 0.0678. The van der Waals surface area contributed by atoms with E-state index in [9.17, 15) is 38.7 Å². The van der Waals surface area contributed by atoms with E-state index in [1.165, 1.54) is 27.7 Å². The molecule has 0 heterocycles. The summed E-state index contributed by atoms with van der Waals surface area (Å²) in [7, 11) is 0. The minimum Gasteiger partial charge on any atom is -0.478 e. The van der Waals surface area contributed by atoms with Crippen molar-refractivity contribution in [2.24, 2.45) is 0 Å². The number of hydrogen-bond acceptors (Lipinski definition) is 12. The second kappa shape index (κ2) is 14.2. The smallest absolute Gasteiger partial charge is 0.423 e.